The number of fused-ring (bicyclic) bond motifs is 1. The molecule has 4 nitrogen and oxygen atoms in total. The minimum atomic E-state index is 0.177. The van der Waals surface area contributed by atoms with Crippen molar-refractivity contribution < 1.29 is 5.11 Å². The molecule has 0 fully saturated rings. The zero-order valence-corrected chi connectivity index (χ0v) is 9.96. The van der Waals surface area contributed by atoms with Crippen LogP contribution in [0.3, 0.4) is 0 Å². The Hall–Kier alpha value is -2.49. The highest BCUT2D eigenvalue weighted by molar-refractivity contribution is 5.71. The van der Waals surface area contributed by atoms with Gasteiger partial charge < -0.3 is 15.2 Å². The molecule has 0 aliphatic carbocycles. The Kier molecular flexibility index (Phi) is 2.23. The van der Waals surface area contributed by atoms with E-state index in [1.807, 2.05) is 41.8 Å². The molecule has 90 valence electrons. The fourth-order valence-electron chi connectivity index (χ4n) is 2.13. The number of nitrogens with two attached hydrogens (primary N) is 1. The van der Waals surface area contributed by atoms with Gasteiger partial charge in [0.25, 0.3) is 0 Å². The second-order valence-electron chi connectivity index (χ2n) is 4.26. The van der Waals surface area contributed by atoms with Crippen LogP contribution in [0, 0.1) is 6.92 Å². The van der Waals surface area contributed by atoms with Crippen molar-refractivity contribution in [2.45, 2.75) is 6.92 Å². The quantitative estimate of drug-likeness (QED) is 0.641. The van der Waals surface area contributed by atoms with Gasteiger partial charge in [-0.25, -0.2) is 4.98 Å². The molecule has 0 bridgehead atoms. The summed E-state index contributed by atoms with van der Waals surface area (Å²) in [5.74, 6) is 0.177. The zero-order valence-electron chi connectivity index (χ0n) is 9.96. The third-order valence-corrected chi connectivity index (χ3v) is 3.03. The SMILES string of the molecule is Cc1c(-c2cccc(N)c2)nc2c(O)cccn12. The summed E-state index contributed by atoms with van der Waals surface area (Å²) in [7, 11) is 0. The fraction of sp³-hybridized carbons (Fsp3) is 0.0714. The highest BCUT2D eigenvalue weighted by Crippen LogP contribution is 2.28. The van der Waals surface area contributed by atoms with E-state index in [1.165, 1.54) is 0 Å². The van der Waals surface area contributed by atoms with Crippen molar-refractivity contribution in [3.63, 3.8) is 0 Å². The Bertz CT molecular complexity index is 731. The van der Waals surface area contributed by atoms with E-state index in [4.69, 9.17) is 5.73 Å². The van der Waals surface area contributed by atoms with Crippen LogP contribution in [-0.4, -0.2) is 14.5 Å². The highest BCUT2D eigenvalue weighted by Gasteiger charge is 2.12. The maximum Gasteiger partial charge on any atom is 0.180 e. The van der Waals surface area contributed by atoms with Gasteiger partial charge in [-0.1, -0.05) is 12.1 Å². The van der Waals surface area contributed by atoms with Crippen LogP contribution in [0.2, 0.25) is 0 Å². The van der Waals surface area contributed by atoms with E-state index in [-0.39, 0.29) is 5.75 Å². The van der Waals surface area contributed by atoms with Crippen LogP contribution < -0.4 is 5.73 Å². The van der Waals surface area contributed by atoms with E-state index >= 15 is 0 Å². The maximum atomic E-state index is 9.80. The van der Waals surface area contributed by atoms with Crippen LogP contribution >= 0.6 is 0 Å². The summed E-state index contributed by atoms with van der Waals surface area (Å²) in [6, 6.07) is 11.0. The predicted molar refractivity (Wildman–Crippen MR) is 71.4 cm³/mol. The summed E-state index contributed by atoms with van der Waals surface area (Å²) in [5.41, 5.74) is 9.82. The van der Waals surface area contributed by atoms with Gasteiger partial charge in [-0.15, -0.1) is 0 Å². The summed E-state index contributed by atoms with van der Waals surface area (Å²) >= 11 is 0. The molecule has 3 aromatic rings. The number of pyridine rings is 1. The molecule has 18 heavy (non-hydrogen) atoms. The first kappa shape index (κ1) is 10.7. The van der Waals surface area contributed by atoms with Crippen LogP contribution in [0.5, 0.6) is 5.75 Å². The minimum absolute atomic E-state index is 0.177. The van der Waals surface area contributed by atoms with E-state index < -0.39 is 0 Å². The Labute approximate surface area is 104 Å². The number of hydrogen-bond acceptors (Lipinski definition) is 3. The van der Waals surface area contributed by atoms with Crippen molar-refractivity contribution >= 4 is 11.3 Å². The van der Waals surface area contributed by atoms with E-state index in [2.05, 4.69) is 4.98 Å². The molecular weight excluding hydrogens is 226 g/mol. The van der Waals surface area contributed by atoms with Crippen LogP contribution in [0.25, 0.3) is 16.9 Å². The van der Waals surface area contributed by atoms with Crippen LogP contribution in [0.1, 0.15) is 5.69 Å². The summed E-state index contributed by atoms with van der Waals surface area (Å²) in [6.45, 7) is 1.97. The molecule has 0 saturated heterocycles. The molecule has 0 spiro atoms. The van der Waals surface area contributed by atoms with Crippen LogP contribution in [-0.2, 0) is 0 Å². The van der Waals surface area contributed by atoms with Crippen molar-refractivity contribution in [1.82, 2.24) is 9.38 Å². The summed E-state index contributed by atoms with van der Waals surface area (Å²) < 4.78 is 1.87. The molecule has 0 aliphatic rings. The van der Waals surface area contributed by atoms with E-state index in [9.17, 15) is 5.11 Å². The van der Waals surface area contributed by atoms with Crippen molar-refractivity contribution in [3.8, 4) is 17.0 Å². The zero-order chi connectivity index (χ0) is 12.7. The van der Waals surface area contributed by atoms with Gasteiger partial charge in [0, 0.05) is 23.1 Å². The number of aromatic nitrogens is 2. The molecule has 0 unspecified atom stereocenters. The maximum absolute atomic E-state index is 9.80. The van der Waals surface area contributed by atoms with E-state index in [0.29, 0.717) is 11.3 Å². The predicted octanol–water partition coefficient (Wildman–Crippen LogP) is 2.60. The number of aromatic hydroxyl groups is 1. The largest absolute Gasteiger partial charge is 0.504 e. The van der Waals surface area contributed by atoms with Gasteiger partial charge in [-0.3, -0.25) is 0 Å². The number of aryl methyl sites for hydroxylation is 1. The molecular formula is C14H13N3O. The molecule has 0 radical (unpaired) electrons. The summed E-state index contributed by atoms with van der Waals surface area (Å²) in [6.07, 6.45) is 1.88. The normalized spacial score (nSPS) is 10.9. The molecule has 1 aromatic carbocycles. The smallest absolute Gasteiger partial charge is 0.180 e. The number of anilines is 1. The van der Waals surface area contributed by atoms with Crippen molar-refractivity contribution in [3.05, 3.63) is 48.3 Å². The molecule has 4 heteroatoms. The molecule has 0 saturated carbocycles. The number of nitrogens with zero attached hydrogens (tertiary/aromatic N) is 2. The molecule has 3 N–H and O–H groups in total. The van der Waals surface area contributed by atoms with Crippen molar-refractivity contribution in [1.29, 1.82) is 0 Å². The highest BCUT2D eigenvalue weighted by atomic mass is 16.3. The molecule has 0 atom stereocenters. The van der Waals surface area contributed by atoms with E-state index in [1.54, 1.807) is 12.1 Å². The first-order valence-corrected chi connectivity index (χ1v) is 5.69. The molecule has 0 amide bonds. The van der Waals surface area contributed by atoms with Gasteiger partial charge in [-0.2, -0.15) is 0 Å². The minimum Gasteiger partial charge on any atom is -0.504 e. The topological polar surface area (TPSA) is 63.5 Å². The van der Waals surface area contributed by atoms with Gasteiger partial charge >= 0.3 is 0 Å². The Balaban J connectivity index is 2.30. The molecule has 2 aromatic heterocycles. The lowest BCUT2D eigenvalue weighted by Gasteiger charge is -2.00. The Morgan fingerprint density at radius 1 is 1.22 bits per heavy atom. The number of hydrogen-bond donors (Lipinski definition) is 2. The Morgan fingerprint density at radius 2 is 2.06 bits per heavy atom. The molecule has 2 heterocycles. The lowest BCUT2D eigenvalue weighted by atomic mass is 10.1. The third kappa shape index (κ3) is 1.50. The molecule has 3 rings (SSSR count). The second-order valence-corrected chi connectivity index (χ2v) is 4.26. The average molecular weight is 239 g/mol. The fourth-order valence-corrected chi connectivity index (χ4v) is 2.13. The van der Waals surface area contributed by atoms with Crippen molar-refractivity contribution in [2.75, 3.05) is 5.73 Å². The number of rotatable bonds is 1. The first-order chi connectivity index (χ1) is 8.66. The van der Waals surface area contributed by atoms with Gasteiger partial charge in [0.05, 0.1) is 5.69 Å². The van der Waals surface area contributed by atoms with Crippen molar-refractivity contribution in [2.24, 2.45) is 0 Å². The summed E-state index contributed by atoms with van der Waals surface area (Å²) in [4.78, 5) is 4.48. The molecule has 0 aliphatic heterocycles. The lowest BCUT2D eigenvalue weighted by molar-refractivity contribution is 0.477. The number of benzene rings is 1. The third-order valence-electron chi connectivity index (χ3n) is 3.03. The van der Waals surface area contributed by atoms with Crippen LogP contribution in [0.15, 0.2) is 42.6 Å². The summed E-state index contributed by atoms with van der Waals surface area (Å²) in [5, 5.41) is 9.80. The number of nitrogen functional groups attached to an aromatic ring is 1. The number of imidazole rings is 1. The second kappa shape index (κ2) is 3.77. The standard InChI is InChI=1S/C14H13N3O/c1-9-13(10-4-2-5-11(15)8-10)16-14-12(18)6-3-7-17(9)14/h2-8,18H,15H2,1H3. The lowest BCUT2D eigenvalue weighted by Crippen LogP contribution is -1.88. The van der Waals surface area contributed by atoms with Gasteiger partial charge in [-0.05, 0) is 31.2 Å². The average Bonchev–Trinajstić information content (AvgIpc) is 2.69. The first-order valence-electron chi connectivity index (χ1n) is 5.69. The monoisotopic (exact) mass is 239 g/mol. The van der Waals surface area contributed by atoms with Gasteiger partial charge in [0.15, 0.2) is 11.4 Å². The van der Waals surface area contributed by atoms with Gasteiger partial charge in [0.1, 0.15) is 0 Å². The Morgan fingerprint density at radius 3 is 2.78 bits per heavy atom. The van der Waals surface area contributed by atoms with E-state index in [0.717, 1.165) is 17.0 Å². The van der Waals surface area contributed by atoms with Crippen LogP contribution in [0.4, 0.5) is 5.69 Å². The van der Waals surface area contributed by atoms with Gasteiger partial charge in [0.2, 0.25) is 0 Å².